The molecule has 0 aliphatic heterocycles. The van der Waals surface area contributed by atoms with Gasteiger partial charge in [0.25, 0.3) is 0 Å². The van der Waals surface area contributed by atoms with E-state index in [9.17, 15) is 18.0 Å². The lowest BCUT2D eigenvalue weighted by atomic mass is 10.1. The zero-order valence-electron chi connectivity index (χ0n) is 12.5. The maximum Gasteiger partial charge on any atom is 0.416 e. The van der Waals surface area contributed by atoms with Gasteiger partial charge in [-0.2, -0.15) is 13.2 Å². The van der Waals surface area contributed by atoms with Gasteiger partial charge in [-0.1, -0.05) is 54.1 Å². The van der Waals surface area contributed by atoms with Crippen molar-refractivity contribution in [2.75, 3.05) is 0 Å². The molecule has 23 heavy (non-hydrogen) atoms. The van der Waals surface area contributed by atoms with Crippen molar-refractivity contribution < 1.29 is 18.0 Å². The van der Waals surface area contributed by atoms with E-state index in [-0.39, 0.29) is 5.78 Å². The van der Waals surface area contributed by atoms with Crippen LogP contribution in [0.5, 0.6) is 0 Å². The highest BCUT2D eigenvalue weighted by atomic mass is 19.4. The highest BCUT2D eigenvalue weighted by molar-refractivity contribution is 6.04. The SMILES string of the molecule is Cc1cccc(/C=C/C(=O)/C=C/c2cccc(C(F)(F)F)c2)c1. The van der Waals surface area contributed by atoms with E-state index in [4.69, 9.17) is 0 Å². The van der Waals surface area contributed by atoms with Crippen LogP contribution >= 0.6 is 0 Å². The number of benzene rings is 2. The highest BCUT2D eigenvalue weighted by Crippen LogP contribution is 2.29. The number of hydrogen-bond donors (Lipinski definition) is 0. The Morgan fingerprint density at radius 2 is 1.48 bits per heavy atom. The number of ketones is 1. The molecule has 0 bridgehead atoms. The molecule has 0 aliphatic rings. The molecular weight excluding hydrogens is 301 g/mol. The van der Waals surface area contributed by atoms with E-state index in [1.807, 2.05) is 31.2 Å². The zero-order valence-corrected chi connectivity index (χ0v) is 12.5. The Labute approximate surface area is 132 Å². The number of alkyl halides is 3. The van der Waals surface area contributed by atoms with Gasteiger partial charge in [0.2, 0.25) is 0 Å². The average molecular weight is 316 g/mol. The molecule has 1 nitrogen and oxygen atoms in total. The van der Waals surface area contributed by atoms with E-state index in [0.29, 0.717) is 5.56 Å². The molecule has 2 aromatic carbocycles. The molecule has 0 atom stereocenters. The number of aryl methyl sites for hydroxylation is 1. The molecule has 0 saturated heterocycles. The fraction of sp³-hybridized carbons (Fsp3) is 0.105. The normalized spacial score (nSPS) is 12.2. The minimum absolute atomic E-state index is 0.288. The van der Waals surface area contributed by atoms with Crippen LogP contribution in [0.3, 0.4) is 0 Å². The third-order valence-corrected chi connectivity index (χ3v) is 3.14. The number of rotatable bonds is 4. The minimum atomic E-state index is -4.39. The maximum absolute atomic E-state index is 12.6. The molecule has 0 aromatic heterocycles. The molecular formula is C19H15F3O. The van der Waals surface area contributed by atoms with Gasteiger partial charge in [0.05, 0.1) is 5.56 Å². The molecule has 0 N–H and O–H groups in total. The van der Waals surface area contributed by atoms with E-state index in [1.165, 1.54) is 30.4 Å². The molecule has 0 spiro atoms. The van der Waals surface area contributed by atoms with Crippen LogP contribution in [0.4, 0.5) is 13.2 Å². The Morgan fingerprint density at radius 1 is 0.913 bits per heavy atom. The Balaban J connectivity index is 2.07. The molecule has 2 rings (SSSR count). The molecule has 2 aromatic rings. The number of carbonyl (C=O) groups is 1. The smallest absolute Gasteiger partial charge is 0.290 e. The number of carbonyl (C=O) groups excluding carboxylic acids is 1. The van der Waals surface area contributed by atoms with Crippen molar-refractivity contribution >= 4 is 17.9 Å². The summed E-state index contributed by atoms with van der Waals surface area (Å²) >= 11 is 0. The molecule has 0 amide bonds. The summed E-state index contributed by atoms with van der Waals surface area (Å²) in [4.78, 5) is 11.8. The first kappa shape index (κ1) is 16.7. The first-order valence-corrected chi connectivity index (χ1v) is 6.99. The van der Waals surface area contributed by atoms with Crippen molar-refractivity contribution in [3.8, 4) is 0 Å². The van der Waals surface area contributed by atoms with Crippen molar-refractivity contribution in [2.45, 2.75) is 13.1 Å². The van der Waals surface area contributed by atoms with Crippen LogP contribution in [-0.2, 0) is 11.0 Å². The van der Waals surface area contributed by atoms with E-state index in [1.54, 1.807) is 6.08 Å². The fourth-order valence-electron chi connectivity index (χ4n) is 2.00. The van der Waals surface area contributed by atoms with Gasteiger partial charge in [0, 0.05) is 0 Å². The number of halogens is 3. The van der Waals surface area contributed by atoms with Gasteiger partial charge < -0.3 is 0 Å². The second kappa shape index (κ2) is 7.09. The van der Waals surface area contributed by atoms with Crippen LogP contribution in [0.25, 0.3) is 12.2 Å². The van der Waals surface area contributed by atoms with Crippen LogP contribution in [0.15, 0.2) is 60.7 Å². The van der Waals surface area contributed by atoms with Gasteiger partial charge in [0.1, 0.15) is 0 Å². The fourth-order valence-corrected chi connectivity index (χ4v) is 2.00. The van der Waals surface area contributed by atoms with E-state index in [0.717, 1.165) is 23.3 Å². The van der Waals surface area contributed by atoms with Crippen LogP contribution in [0.1, 0.15) is 22.3 Å². The van der Waals surface area contributed by atoms with Crippen LogP contribution in [-0.4, -0.2) is 5.78 Å². The van der Waals surface area contributed by atoms with Crippen molar-refractivity contribution in [1.82, 2.24) is 0 Å². The average Bonchev–Trinajstić information content (AvgIpc) is 2.50. The lowest BCUT2D eigenvalue weighted by Crippen LogP contribution is -2.04. The standard InChI is InChI=1S/C19H15F3O/c1-14-4-2-5-15(12-14)8-10-18(23)11-9-16-6-3-7-17(13-16)19(20,21)22/h2-13H,1H3/b10-8+,11-9+. The second-order valence-electron chi connectivity index (χ2n) is 5.11. The summed E-state index contributed by atoms with van der Waals surface area (Å²) in [5, 5.41) is 0. The quantitative estimate of drug-likeness (QED) is 0.699. The molecule has 0 aliphatic carbocycles. The number of hydrogen-bond acceptors (Lipinski definition) is 1. The molecule has 0 fully saturated rings. The predicted octanol–water partition coefficient (Wildman–Crippen LogP) is 5.31. The first-order chi connectivity index (χ1) is 10.8. The van der Waals surface area contributed by atoms with E-state index in [2.05, 4.69) is 0 Å². The first-order valence-electron chi connectivity index (χ1n) is 6.99. The van der Waals surface area contributed by atoms with Crippen molar-refractivity contribution in [2.24, 2.45) is 0 Å². The van der Waals surface area contributed by atoms with Gasteiger partial charge in [0.15, 0.2) is 5.78 Å². The highest BCUT2D eigenvalue weighted by Gasteiger charge is 2.30. The van der Waals surface area contributed by atoms with Gasteiger partial charge >= 0.3 is 6.18 Å². The van der Waals surface area contributed by atoms with Crippen LogP contribution in [0.2, 0.25) is 0 Å². The minimum Gasteiger partial charge on any atom is -0.290 e. The molecule has 118 valence electrons. The number of allylic oxidation sites excluding steroid dienone is 2. The summed E-state index contributed by atoms with van der Waals surface area (Å²) in [5.41, 5.74) is 1.57. The van der Waals surface area contributed by atoms with Gasteiger partial charge in [-0.25, -0.2) is 0 Å². The Kier molecular flexibility index (Phi) is 5.16. The Hall–Kier alpha value is -2.62. The summed E-state index contributed by atoms with van der Waals surface area (Å²) < 4.78 is 37.8. The summed E-state index contributed by atoms with van der Waals surface area (Å²) in [7, 11) is 0. The monoisotopic (exact) mass is 316 g/mol. The summed E-state index contributed by atoms with van der Waals surface area (Å²) in [6.07, 6.45) is 1.30. The molecule has 0 saturated carbocycles. The molecule has 0 unspecified atom stereocenters. The predicted molar refractivity (Wildman–Crippen MR) is 85.7 cm³/mol. The van der Waals surface area contributed by atoms with E-state index < -0.39 is 11.7 Å². The lowest BCUT2D eigenvalue weighted by Gasteiger charge is -2.06. The maximum atomic E-state index is 12.6. The van der Waals surface area contributed by atoms with Crippen molar-refractivity contribution in [3.05, 3.63) is 82.9 Å². The topological polar surface area (TPSA) is 17.1 Å². The third kappa shape index (κ3) is 5.25. The van der Waals surface area contributed by atoms with Crippen molar-refractivity contribution in [1.29, 1.82) is 0 Å². The van der Waals surface area contributed by atoms with Crippen LogP contribution < -0.4 is 0 Å². The largest absolute Gasteiger partial charge is 0.416 e. The van der Waals surface area contributed by atoms with Gasteiger partial charge in [-0.3, -0.25) is 4.79 Å². The second-order valence-corrected chi connectivity index (χ2v) is 5.11. The molecule has 4 heteroatoms. The molecule has 0 radical (unpaired) electrons. The summed E-state index contributed by atoms with van der Waals surface area (Å²) in [6, 6.07) is 12.5. The summed E-state index contributed by atoms with van der Waals surface area (Å²) in [5.74, 6) is -0.288. The third-order valence-electron chi connectivity index (χ3n) is 3.14. The Morgan fingerprint density at radius 3 is 2.04 bits per heavy atom. The Bertz CT molecular complexity index is 755. The van der Waals surface area contributed by atoms with E-state index >= 15 is 0 Å². The summed E-state index contributed by atoms with van der Waals surface area (Å²) in [6.45, 7) is 1.95. The lowest BCUT2D eigenvalue weighted by molar-refractivity contribution is -0.137. The van der Waals surface area contributed by atoms with Gasteiger partial charge in [-0.05, 0) is 42.3 Å². The van der Waals surface area contributed by atoms with Crippen molar-refractivity contribution in [3.63, 3.8) is 0 Å². The van der Waals surface area contributed by atoms with Crippen LogP contribution in [0, 0.1) is 6.92 Å². The molecule has 0 heterocycles. The zero-order chi connectivity index (χ0) is 16.9. The van der Waals surface area contributed by atoms with Gasteiger partial charge in [-0.15, -0.1) is 0 Å².